The predicted octanol–water partition coefficient (Wildman–Crippen LogP) is -0.699. The minimum absolute atomic E-state index is 0.248. The van der Waals surface area contributed by atoms with Crippen molar-refractivity contribution in [2.75, 3.05) is 0 Å². The molecule has 1 fully saturated rings. The van der Waals surface area contributed by atoms with Gasteiger partial charge in [-0.05, 0) is 18.1 Å². The molecular formula is C13H14N4O3. The van der Waals surface area contributed by atoms with Crippen molar-refractivity contribution in [3.63, 3.8) is 0 Å². The standard InChI is InChI=1S/C13H14N4O3/c14-4-7-3-8-6-17(13(20)11(8)15-5-7)9-1-2-10(18)16-12(9)19/h3,5,9H,1-2,4,6,14H2,(H,16,18,19). The molecule has 3 N–H and O–H groups in total. The number of imide groups is 1. The van der Waals surface area contributed by atoms with Crippen LogP contribution in [-0.2, 0) is 22.7 Å². The van der Waals surface area contributed by atoms with E-state index in [4.69, 9.17) is 5.73 Å². The highest BCUT2D eigenvalue weighted by Gasteiger charge is 2.39. The van der Waals surface area contributed by atoms with Crippen LogP contribution < -0.4 is 11.1 Å². The number of amides is 3. The van der Waals surface area contributed by atoms with Gasteiger partial charge in [-0.2, -0.15) is 0 Å². The zero-order valence-corrected chi connectivity index (χ0v) is 10.8. The second kappa shape index (κ2) is 4.68. The number of nitrogens with zero attached hydrogens (tertiary/aromatic N) is 2. The number of rotatable bonds is 2. The smallest absolute Gasteiger partial charge is 0.273 e. The lowest BCUT2D eigenvalue weighted by atomic mass is 10.0. The van der Waals surface area contributed by atoms with Gasteiger partial charge in [-0.15, -0.1) is 0 Å². The van der Waals surface area contributed by atoms with Crippen LogP contribution in [0.2, 0.25) is 0 Å². The summed E-state index contributed by atoms with van der Waals surface area (Å²) in [6, 6.07) is 1.24. The third kappa shape index (κ3) is 1.96. The zero-order chi connectivity index (χ0) is 14.3. The Morgan fingerprint density at radius 1 is 1.40 bits per heavy atom. The largest absolute Gasteiger partial charge is 0.326 e. The molecule has 7 heteroatoms. The van der Waals surface area contributed by atoms with Gasteiger partial charge in [0.15, 0.2) is 0 Å². The van der Waals surface area contributed by atoms with Gasteiger partial charge < -0.3 is 10.6 Å². The lowest BCUT2D eigenvalue weighted by Crippen LogP contribution is -2.52. The number of hydrogen-bond donors (Lipinski definition) is 2. The van der Waals surface area contributed by atoms with E-state index < -0.39 is 11.9 Å². The van der Waals surface area contributed by atoms with Crippen LogP contribution in [0.5, 0.6) is 0 Å². The monoisotopic (exact) mass is 274 g/mol. The third-order valence-corrected chi connectivity index (χ3v) is 3.65. The van der Waals surface area contributed by atoms with Crippen LogP contribution in [0.25, 0.3) is 0 Å². The van der Waals surface area contributed by atoms with Gasteiger partial charge in [-0.1, -0.05) is 0 Å². The molecule has 0 radical (unpaired) electrons. The molecule has 1 saturated heterocycles. The average molecular weight is 274 g/mol. The number of piperidine rings is 1. The van der Waals surface area contributed by atoms with E-state index in [2.05, 4.69) is 10.3 Å². The molecule has 0 saturated carbocycles. The fourth-order valence-corrected chi connectivity index (χ4v) is 2.61. The van der Waals surface area contributed by atoms with Gasteiger partial charge in [0.1, 0.15) is 11.7 Å². The lowest BCUT2D eigenvalue weighted by molar-refractivity contribution is -0.136. The summed E-state index contributed by atoms with van der Waals surface area (Å²) in [5.74, 6) is -0.974. The Hall–Kier alpha value is -2.28. The number of nitrogens with one attached hydrogen (secondary N) is 1. The van der Waals surface area contributed by atoms with Crippen molar-refractivity contribution in [3.8, 4) is 0 Å². The Kier molecular flexibility index (Phi) is 2.98. The zero-order valence-electron chi connectivity index (χ0n) is 10.8. The Morgan fingerprint density at radius 3 is 2.90 bits per heavy atom. The maximum absolute atomic E-state index is 12.3. The number of carbonyl (C=O) groups excluding carboxylic acids is 3. The Labute approximate surface area is 115 Å². The first-order valence-electron chi connectivity index (χ1n) is 6.42. The Balaban J connectivity index is 1.86. The van der Waals surface area contributed by atoms with Crippen LogP contribution in [-0.4, -0.2) is 33.6 Å². The highest BCUT2D eigenvalue weighted by molar-refractivity contribution is 6.04. The Bertz CT molecular complexity index is 614. The molecule has 3 amide bonds. The highest BCUT2D eigenvalue weighted by atomic mass is 16.2. The molecule has 3 heterocycles. The molecule has 7 nitrogen and oxygen atoms in total. The molecule has 1 unspecified atom stereocenters. The van der Waals surface area contributed by atoms with E-state index in [0.717, 1.165) is 11.1 Å². The fourth-order valence-electron chi connectivity index (χ4n) is 2.61. The van der Waals surface area contributed by atoms with E-state index in [-0.39, 0.29) is 18.2 Å². The van der Waals surface area contributed by atoms with Crippen molar-refractivity contribution in [1.82, 2.24) is 15.2 Å². The van der Waals surface area contributed by atoms with Crippen LogP contribution in [0.15, 0.2) is 12.3 Å². The summed E-state index contributed by atoms with van der Waals surface area (Å²) in [5, 5.41) is 2.26. The molecule has 0 bridgehead atoms. The van der Waals surface area contributed by atoms with Crippen molar-refractivity contribution < 1.29 is 14.4 Å². The van der Waals surface area contributed by atoms with Gasteiger partial charge in [0.2, 0.25) is 11.8 Å². The first-order chi connectivity index (χ1) is 9.60. The van der Waals surface area contributed by atoms with E-state index >= 15 is 0 Å². The van der Waals surface area contributed by atoms with Gasteiger partial charge >= 0.3 is 0 Å². The maximum Gasteiger partial charge on any atom is 0.273 e. The first-order valence-corrected chi connectivity index (χ1v) is 6.42. The van der Waals surface area contributed by atoms with Gasteiger partial charge in [0.05, 0.1) is 0 Å². The predicted molar refractivity (Wildman–Crippen MR) is 68.2 cm³/mol. The number of fused-ring (bicyclic) bond motifs is 1. The van der Waals surface area contributed by atoms with Crippen molar-refractivity contribution in [1.29, 1.82) is 0 Å². The van der Waals surface area contributed by atoms with Crippen molar-refractivity contribution >= 4 is 17.7 Å². The summed E-state index contributed by atoms with van der Waals surface area (Å²) in [6.07, 6.45) is 2.18. The third-order valence-electron chi connectivity index (χ3n) is 3.65. The molecule has 0 spiro atoms. The molecule has 0 aliphatic carbocycles. The van der Waals surface area contributed by atoms with E-state index in [1.165, 1.54) is 4.90 Å². The van der Waals surface area contributed by atoms with Crippen LogP contribution >= 0.6 is 0 Å². The maximum atomic E-state index is 12.3. The molecule has 1 atom stereocenters. The Morgan fingerprint density at radius 2 is 2.20 bits per heavy atom. The quantitative estimate of drug-likeness (QED) is 0.694. The summed E-state index contributed by atoms with van der Waals surface area (Å²) in [4.78, 5) is 40.9. The fraction of sp³-hybridized carbons (Fsp3) is 0.385. The van der Waals surface area contributed by atoms with E-state index in [1.54, 1.807) is 6.20 Å². The molecule has 1 aromatic rings. The van der Waals surface area contributed by atoms with Gasteiger partial charge in [-0.3, -0.25) is 24.7 Å². The van der Waals surface area contributed by atoms with Gasteiger partial charge in [-0.25, -0.2) is 0 Å². The molecule has 3 rings (SSSR count). The second-order valence-corrected chi connectivity index (χ2v) is 4.96. The average Bonchev–Trinajstić information content (AvgIpc) is 2.75. The number of aromatic nitrogens is 1. The van der Waals surface area contributed by atoms with Gasteiger partial charge in [0.25, 0.3) is 5.91 Å². The minimum Gasteiger partial charge on any atom is -0.326 e. The topological polar surface area (TPSA) is 105 Å². The van der Waals surface area contributed by atoms with Crippen LogP contribution in [0.3, 0.4) is 0 Å². The SMILES string of the molecule is NCc1cnc2c(c1)CN(C1CCC(=O)NC1=O)C2=O. The van der Waals surface area contributed by atoms with Crippen molar-refractivity contribution in [2.45, 2.75) is 32.0 Å². The van der Waals surface area contributed by atoms with Gasteiger partial charge in [0, 0.05) is 31.3 Å². The number of hydrogen-bond acceptors (Lipinski definition) is 5. The first kappa shape index (κ1) is 12.7. The van der Waals surface area contributed by atoms with Crippen LogP contribution in [0, 0.1) is 0 Å². The van der Waals surface area contributed by atoms with E-state index in [9.17, 15) is 14.4 Å². The van der Waals surface area contributed by atoms with Crippen molar-refractivity contribution in [2.24, 2.45) is 5.73 Å². The van der Waals surface area contributed by atoms with Crippen LogP contribution in [0.4, 0.5) is 0 Å². The van der Waals surface area contributed by atoms with Crippen molar-refractivity contribution in [3.05, 3.63) is 29.1 Å². The lowest BCUT2D eigenvalue weighted by Gasteiger charge is -2.29. The molecule has 1 aromatic heterocycles. The summed E-state index contributed by atoms with van der Waals surface area (Å²) >= 11 is 0. The summed E-state index contributed by atoms with van der Waals surface area (Å²) < 4.78 is 0. The number of pyridine rings is 1. The molecule has 2 aliphatic heterocycles. The molecule has 20 heavy (non-hydrogen) atoms. The van der Waals surface area contributed by atoms with E-state index in [1.807, 2.05) is 6.07 Å². The highest BCUT2D eigenvalue weighted by Crippen LogP contribution is 2.26. The van der Waals surface area contributed by atoms with Crippen LogP contribution in [0.1, 0.15) is 34.5 Å². The molecule has 2 aliphatic rings. The normalized spacial score (nSPS) is 21.9. The number of nitrogens with two attached hydrogens (primary N) is 1. The summed E-state index contributed by atoms with van der Waals surface area (Å²) in [5.41, 5.74) is 7.55. The number of carbonyl (C=O) groups is 3. The molecule has 104 valence electrons. The molecule has 0 aromatic carbocycles. The second-order valence-electron chi connectivity index (χ2n) is 4.96. The minimum atomic E-state index is -0.601. The van der Waals surface area contributed by atoms with E-state index in [0.29, 0.717) is 25.2 Å². The summed E-state index contributed by atoms with van der Waals surface area (Å²) in [7, 11) is 0. The molecular weight excluding hydrogens is 260 g/mol. The summed E-state index contributed by atoms with van der Waals surface area (Å²) in [6.45, 7) is 0.689.